The molecule has 0 fully saturated rings. The van der Waals surface area contributed by atoms with Crippen LogP contribution in [0.2, 0.25) is 0 Å². The van der Waals surface area contributed by atoms with Crippen molar-refractivity contribution in [3.8, 4) is 0 Å². The number of anilines is 1. The van der Waals surface area contributed by atoms with Crippen molar-refractivity contribution in [3.63, 3.8) is 0 Å². The molecule has 12 heavy (non-hydrogen) atoms. The lowest BCUT2D eigenvalue weighted by Gasteiger charge is -2.01. The molecule has 0 saturated heterocycles. The fraction of sp³-hybridized carbons (Fsp3) is 0.125. The van der Waals surface area contributed by atoms with Gasteiger partial charge in [0.2, 0.25) is 0 Å². The number of halogens is 2. The molecule has 0 radical (unpaired) electrons. The molecule has 0 amide bonds. The summed E-state index contributed by atoms with van der Waals surface area (Å²) in [5.74, 6) is 0.0434. The lowest BCUT2D eigenvalue weighted by Crippen LogP contribution is -2.01. The third-order valence-electron chi connectivity index (χ3n) is 1.41. The highest BCUT2D eigenvalue weighted by molar-refractivity contribution is 9.10. The summed E-state index contributed by atoms with van der Waals surface area (Å²) in [4.78, 5) is 11.2. The summed E-state index contributed by atoms with van der Waals surface area (Å²) in [6.07, 6.45) is 0. The van der Waals surface area contributed by atoms with Crippen LogP contribution in [0.3, 0.4) is 0 Å². The van der Waals surface area contributed by atoms with E-state index in [-0.39, 0.29) is 5.78 Å². The van der Waals surface area contributed by atoms with E-state index in [2.05, 4.69) is 31.9 Å². The van der Waals surface area contributed by atoms with Gasteiger partial charge in [0.25, 0.3) is 0 Å². The van der Waals surface area contributed by atoms with Gasteiger partial charge < -0.3 is 5.73 Å². The lowest BCUT2D eigenvalue weighted by molar-refractivity contribution is 0.102. The van der Waals surface area contributed by atoms with Crippen LogP contribution in [0.4, 0.5) is 5.69 Å². The molecule has 0 heterocycles. The number of carbonyl (C=O) groups excluding carboxylic acids is 1. The predicted octanol–water partition coefficient (Wildman–Crippen LogP) is 2.61. The van der Waals surface area contributed by atoms with E-state index < -0.39 is 0 Å². The zero-order valence-electron chi connectivity index (χ0n) is 6.18. The SMILES string of the molecule is Nc1ccc(C(=O)CBr)c(Br)c1. The van der Waals surface area contributed by atoms with Crippen molar-refractivity contribution < 1.29 is 4.79 Å². The van der Waals surface area contributed by atoms with E-state index >= 15 is 0 Å². The Kier molecular flexibility index (Phi) is 3.29. The molecule has 0 unspecified atom stereocenters. The number of hydrogen-bond acceptors (Lipinski definition) is 2. The van der Waals surface area contributed by atoms with Crippen molar-refractivity contribution >= 4 is 43.3 Å². The minimum atomic E-state index is 0.0434. The topological polar surface area (TPSA) is 43.1 Å². The van der Waals surface area contributed by atoms with Gasteiger partial charge in [-0.25, -0.2) is 0 Å². The molecule has 1 aromatic carbocycles. The molecule has 0 aliphatic carbocycles. The van der Waals surface area contributed by atoms with Crippen molar-refractivity contribution in [2.24, 2.45) is 0 Å². The lowest BCUT2D eigenvalue weighted by atomic mass is 10.1. The van der Waals surface area contributed by atoms with Crippen molar-refractivity contribution in [2.45, 2.75) is 0 Å². The summed E-state index contributed by atoms with van der Waals surface area (Å²) >= 11 is 6.37. The Labute approximate surface area is 87.4 Å². The number of rotatable bonds is 2. The average molecular weight is 293 g/mol. The van der Waals surface area contributed by atoms with Crippen molar-refractivity contribution in [3.05, 3.63) is 28.2 Å². The van der Waals surface area contributed by atoms with Gasteiger partial charge in [-0.05, 0) is 34.1 Å². The first-order valence-electron chi connectivity index (χ1n) is 3.29. The van der Waals surface area contributed by atoms with E-state index in [1.165, 1.54) is 0 Å². The molecule has 0 aliphatic rings. The first-order valence-corrected chi connectivity index (χ1v) is 5.21. The summed E-state index contributed by atoms with van der Waals surface area (Å²) < 4.78 is 0.743. The van der Waals surface area contributed by atoms with Crippen LogP contribution in [-0.4, -0.2) is 11.1 Å². The first kappa shape index (κ1) is 9.74. The van der Waals surface area contributed by atoms with E-state index in [0.717, 1.165) is 4.47 Å². The standard InChI is InChI=1S/C8H7Br2NO/c9-4-8(12)6-2-1-5(11)3-7(6)10/h1-3H,4,11H2. The summed E-state index contributed by atoms with van der Waals surface area (Å²) in [5.41, 5.74) is 6.82. The highest BCUT2D eigenvalue weighted by Gasteiger charge is 2.07. The predicted molar refractivity (Wildman–Crippen MR) is 56.7 cm³/mol. The number of carbonyl (C=O) groups is 1. The van der Waals surface area contributed by atoms with Gasteiger partial charge in [-0.15, -0.1) is 0 Å². The van der Waals surface area contributed by atoms with Crippen LogP contribution in [-0.2, 0) is 0 Å². The molecule has 64 valence electrons. The maximum atomic E-state index is 11.2. The van der Waals surface area contributed by atoms with Gasteiger partial charge in [-0.1, -0.05) is 15.9 Å². The largest absolute Gasteiger partial charge is 0.399 e. The Morgan fingerprint density at radius 1 is 1.50 bits per heavy atom. The molecule has 0 aromatic heterocycles. The molecule has 0 bridgehead atoms. The maximum absolute atomic E-state index is 11.2. The third-order valence-corrected chi connectivity index (χ3v) is 2.58. The van der Waals surface area contributed by atoms with E-state index in [9.17, 15) is 4.79 Å². The summed E-state index contributed by atoms with van der Waals surface area (Å²) in [7, 11) is 0. The van der Waals surface area contributed by atoms with Crippen LogP contribution < -0.4 is 5.73 Å². The van der Waals surface area contributed by atoms with Crippen LogP contribution in [0.25, 0.3) is 0 Å². The number of benzene rings is 1. The van der Waals surface area contributed by atoms with E-state index in [1.807, 2.05) is 0 Å². The molecule has 4 heteroatoms. The van der Waals surface area contributed by atoms with Crippen LogP contribution in [0.15, 0.2) is 22.7 Å². The van der Waals surface area contributed by atoms with Crippen LogP contribution in [0, 0.1) is 0 Å². The van der Waals surface area contributed by atoms with Gasteiger partial charge in [-0.2, -0.15) is 0 Å². The minimum Gasteiger partial charge on any atom is -0.399 e. The van der Waals surface area contributed by atoms with Gasteiger partial charge in [0, 0.05) is 15.7 Å². The minimum absolute atomic E-state index is 0.0434. The summed E-state index contributed by atoms with van der Waals surface area (Å²) in [6.45, 7) is 0. The number of nitrogens with two attached hydrogens (primary N) is 1. The zero-order valence-corrected chi connectivity index (χ0v) is 9.35. The smallest absolute Gasteiger partial charge is 0.174 e. The fourth-order valence-corrected chi connectivity index (χ4v) is 1.75. The van der Waals surface area contributed by atoms with Gasteiger partial charge in [0.1, 0.15) is 0 Å². The highest BCUT2D eigenvalue weighted by atomic mass is 79.9. The first-order chi connectivity index (χ1) is 5.65. The Morgan fingerprint density at radius 2 is 2.17 bits per heavy atom. The number of Topliss-reactive ketones (excluding diaryl/α,β-unsaturated/α-hetero) is 1. The monoisotopic (exact) mass is 291 g/mol. The molecular weight excluding hydrogens is 286 g/mol. The Balaban J connectivity index is 3.09. The Bertz CT molecular complexity index is 312. The third kappa shape index (κ3) is 2.08. The van der Waals surface area contributed by atoms with Gasteiger partial charge in [0.15, 0.2) is 5.78 Å². The van der Waals surface area contributed by atoms with E-state index in [0.29, 0.717) is 16.6 Å². The number of ketones is 1. The van der Waals surface area contributed by atoms with E-state index in [1.54, 1.807) is 18.2 Å². The molecule has 0 spiro atoms. The summed E-state index contributed by atoms with van der Waals surface area (Å²) in [6, 6.07) is 5.14. The second-order valence-corrected chi connectivity index (χ2v) is 3.71. The molecule has 2 nitrogen and oxygen atoms in total. The van der Waals surface area contributed by atoms with Crippen LogP contribution in [0.1, 0.15) is 10.4 Å². The molecule has 1 rings (SSSR count). The van der Waals surface area contributed by atoms with Crippen LogP contribution >= 0.6 is 31.9 Å². The normalized spacial score (nSPS) is 9.83. The molecule has 0 atom stereocenters. The molecule has 0 aliphatic heterocycles. The second-order valence-electron chi connectivity index (χ2n) is 2.30. The van der Waals surface area contributed by atoms with E-state index in [4.69, 9.17) is 5.73 Å². The van der Waals surface area contributed by atoms with Crippen molar-refractivity contribution in [2.75, 3.05) is 11.1 Å². The second kappa shape index (κ2) is 4.05. The number of nitrogen functional groups attached to an aromatic ring is 1. The quantitative estimate of drug-likeness (QED) is 0.517. The fourth-order valence-electron chi connectivity index (χ4n) is 0.829. The van der Waals surface area contributed by atoms with Crippen molar-refractivity contribution in [1.29, 1.82) is 0 Å². The van der Waals surface area contributed by atoms with Gasteiger partial charge >= 0.3 is 0 Å². The van der Waals surface area contributed by atoms with Gasteiger partial charge in [0.05, 0.1) is 5.33 Å². The highest BCUT2D eigenvalue weighted by Crippen LogP contribution is 2.20. The Hall–Kier alpha value is -0.350. The van der Waals surface area contributed by atoms with Gasteiger partial charge in [-0.3, -0.25) is 4.79 Å². The Morgan fingerprint density at radius 3 is 2.67 bits per heavy atom. The molecule has 1 aromatic rings. The average Bonchev–Trinajstić information content (AvgIpc) is 2.03. The molecular formula is C8H7Br2NO. The number of alkyl halides is 1. The zero-order chi connectivity index (χ0) is 9.14. The van der Waals surface area contributed by atoms with Crippen molar-refractivity contribution in [1.82, 2.24) is 0 Å². The molecule has 0 saturated carbocycles. The maximum Gasteiger partial charge on any atom is 0.174 e. The van der Waals surface area contributed by atoms with Crippen LogP contribution in [0.5, 0.6) is 0 Å². The number of hydrogen-bond donors (Lipinski definition) is 1. The molecule has 2 N–H and O–H groups in total. The summed E-state index contributed by atoms with van der Waals surface area (Å²) in [5, 5.41) is 0.329.